The molecule has 3 aromatic rings. The Morgan fingerprint density at radius 3 is 2.53 bits per heavy atom. The highest BCUT2D eigenvalue weighted by Gasteiger charge is 2.49. The highest BCUT2D eigenvalue weighted by molar-refractivity contribution is 7.07. The fourth-order valence-corrected chi connectivity index (χ4v) is 5.04. The van der Waals surface area contributed by atoms with Gasteiger partial charge in [0.2, 0.25) is 0 Å². The van der Waals surface area contributed by atoms with Crippen molar-refractivity contribution in [2.45, 2.75) is 51.4 Å². The van der Waals surface area contributed by atoms with Crippen molar-refractivity contribution in [3.8, 4) is 10.9 Å². The Labute approximate surface area is 198 Å². The summed E-state index contributed by atoms with van der Waals surface area (Å²) in [5, 5.41) is 1.32. The van der Waals surface area contributed by atoms with Gasteiger partial charge in [0.05, 0.1) is 17.4 Å². The van der Waals surface area contributed by atoms with Gasteiger partial charge in [0.25, 0.3) is 5.19 Å². The number of nitrogens with zero attached hydrogens (tertiary/aromatic N) is 4. The molecule has 2 aromatic carbocycles. The summed E-state index contributed by atoms with van der Waals surface area (Å²) in [6, 6.07) is 12.2. The van der Waals surface area contributed by atoms with Crippen molar-refractivity contribution in [3.63, 3.8) is 0 Å². The highest BCUT2D eigenvalue weighted by Crippen LogP contribution is 2.53. The van der Waals surface area contributed by atoms with Gasteiger partial charge < -0.3 is 9.64 Å². The van der Waals surface area contributed by atoms with Gasteiger partial charge >= 0.3 is 0 Å². The average molecular weight is 467 g/mol. The van der Waals surface area contributed by atoms with E-state index in [0.29, 0.717) is 5.19 Å². The topological polar surface area (TPSA) is 50.6 Å². The normalized spacial score (nSPS) is 17.7. The molecule has 2 aliphatic rings. The standard InChI is InChI=1S/C25H27ClN4OS/c1-17-15-22(18(2)14-21(17)27-16-30-12-4-3-5-13-30)31-24-28-23(29-32-24)25(10-11-25)19-6-8-20(26)9-7-19/h6-9,14-16H,3-5,10-13H2,1-2H3. The molecule has 2 heterocycles. The zero-order chi connectivity index (χ0) is 22.1. The molecule has 0 radical (unpaired) electrons. The van der Waals surface area contributed by atoms with Gasteiger partial charge in [0.15, 0.2) is 5.82 Å². The molecule has 7 heteroatoms. The molecule has 1 saturated carbocycles. The SMILES string of the molecule is Cc1cc(Oc2nc(C3(c4ccc(Cl)cc4)CC3)ns2)c(C)cc1N=CN1CCCCC1. The second-order valence-electron chi connectivity index (χ2n) is 8.82. The first-order valence-electron chi connectivity index (χ1n) is 11.2. The third-order valence-electron chi connectivity index (χ3n) is 6.42. The first-order valence-corrected chi connectivity index (χ1v) is 12.4. The van der Waals surface area contributed by atoms with Crippen molar-refractivity contribution in [1.29, 1.82) is 0 Å². The summed E-state index contributed by atoms with van der Waals surface area (Å²) in [7, 11) is 0. The molecule has 1 aliphatic carbocycles. The molecule has 5 nitrogen and oxygen atoms in total. The van der Waals surface area contributed by atoms with E-state index >= 15 is 0 Å². The lowest BCUT2D eigenvalue weighted by molar-refractivity contribution is 0.351. The van der Waals surface area contributed by atoms with Gasteiger partial charge in [-0.15, -0.1) is 0 Å². The number of hydrogen-bond donors (Lipinski definition) is 0. The van der Waals surface area contributed by atoms with E-state index < -0.39 is 0 Å². The van der Waals surface area contributed by atoms with Crippen molar-refractivity contribution in [3.05, 3.63) is 63.9 Å². The van der Waals surface area contributed by atoms with E-state index in [1.54, 1.807) is 0 Å². The molecule has 166 valence electrons. The Kier molecular flexibility index (Phi) is 5.91. The Morgan fingerprint density at radius 1 is 1.06 bits per heavy atom. The quantitative estimate of drug-likeness (QED) is 0.295. The van der Waals surface area contributed by atoms with Gasteiger partial charge in [-0.05, 0) is 86.9 Å². The van der Waals surface area contributed by atoms with Crippen molar-refractivity contribution < 1.29 is 4.74 Å². The Bertz CT molecular complexity index is 1130. The van der Waals surface area contributed by atoms with Crippen LogP contribution in [0.2, 0.25) is 5.02 Å². The lowest BCUT2D eigenvalue weighted by atomic mass is 9.95. The molecule has 0 amide bonds. The molecule has 0 atom stereocenters. The maximum Gasteiger partial charge on any atom is 0.298 e. The van der Waals surface area contributed by atoms with Crippen LogP contribution in [-0.2, 0) is 5.41 Å². The molecule has 2 fully saturated rings. The number of likely N-dealkylation sites (tertiary alicyclic amines) is 1. The van der Waals surface area contributed by atoms with E-state index in [0.717, 1.165) is 59.3 Å². The van der Waals surface area contributed by atoms with Crippen LogP contribution < -0.4 is 4.74 Å². The number of rotatable bonds is 6. The fraction of sp³-hybridized carbons (Fsp3) is 0.400. The fourth-order valence-electron chi connectivity index (χ4n) is 4.28. The van der Waals surface area contributed by atoms with Crippen LogP contribution in [0.25, 0.3) is 0 Å². The predicted octanol–water partition coefficient (Wildman–Crippen LogP) is 6.83. The number of piperidine rings is 1. The summed E-state index contributed by atoms with van der Waals surface area (Å²) in [6.45, 7) is 6.31. The Morgan fingerprint density at radius 2 is 1.81 bits per heavy atom. The van der Waals surface area contributed by atoms with Gasteiger partial charge in [-0.1, -0.05) is 23.7 Å². The zero-order valence-electron chi connectivity index (χ0n) is 18.5. The first kappa shape index (κ1) is 21.4. The Balaban J connectivity index is 1.32. The van der Waals surface area contributed by atoms with Crippen molar-refractivity contribution >= 4 is 35.2 Å². The lowest BCUT2D eigenvalue weighted by Crippen LogP contribution is -2.28. The monoisotopic (exact) mass is 466 g/mol. The molecular formula is C25H27ClN4OS. The first-order chi connectivity index (χ1) is 15.5. The molecule has 1 aliphatic heterocycles. The number of hydrogen-bond acceptors (Lipinski definition) is 5. The summed E-state index contributed by atoms with van der Waals surface area (Å²) in [5.74, 6) is 1.65. The molecule has 32 heavy (non-hydrogen) atoms. The molecule has 0 unspecified atom stereocenters. The molecule has 1 aromatic heterocycles. The number of aliphatic imine (C=N–C) groups is 1. The zero-order valence-corrected chi connectivity index (χ0v) is 20.0. The van der Waals surface area contributed by atoms with E-state index in [1.165, 1.54) is 36.4 Å². The lowest BCUT2D eigenvalue weighted by Gasteiger charge is -2.23. The average Bonchev–Trinajstić information content (AvgIpc) is 3.48. The summed E-state index contributed by atoms with van der Waals surface area (Å²) in [5.41, 5.74) is 4.23. The van der Waals surface area contributed by atoms with E-state index in [4.69, 9.17) is 26.3 Å². The molecular weight excluding hydrogens is 440 g/mol. The number of aromatic nitrogens is 2. The summed E-state index contributed by atoms with van der Waals surface area (Å²) < 4.78 is 10.8. The second kappa shape index (κ2) is 8.83. The maximum absolute atomic E-state index is 6.16. The van der Waals surface area contributed by atoms with E-state index in [1.807, 2.05) is 31.5 Å². The minimum Gasteiger partial charge on any atom is -0.430 e. The summed E-state index contributed by atoms with van der Waals surface area (Å²) in [6.07, 6.45) is 7.91. The number of aryl methyl sites for hydroxylation is 2. The number of halogens is 1. The van der Waals surface area contributed by atoms with Crippen LogP contribution in [0.1, 0.15) is 54.6 Å². The van der Waals surface area contributed by atoms with Crippen LogP contribution in [0.3, 0.4) is 0 Å². The smallest absolute Gasteiger partial charge is 0.298 e. The molecule has 5 rings (SSSR count). The van der Waals surface area contributed by atoms with Crippen LogP contribution >= 0.6 is 23.1 Å². The van der Waals surface area contributed by atoms with Crippen LogP contribution in [0.4, 0.5) is 5.69 Å². The highest BCUT2D eigenvalue weighted by atomic mass is 35.5. The van der Waals surface area contributed by atoms with Crippen molar-refractivity contribution in [2.75, 3.05) is 13.1 Å². The summed E-state index contributed by atoms with van der Waals surface area (Å²) in [4.78, 5) is 11.8. The van der Waals surface area contributed by atoms with Gasteiger partial charge in [0.1, 0.15) is 5.75 Å². The maximum atomic E-state index is 6.16. The van der Waals surface area contributed by atoms with Gasteiger partial charge in [-0.25, -0.2) is 4.99 Å². The van der Waals surface area contributed by atoms with Gasteiger partial charge in [0, 0.05) is 29.6 Å². The third-order valence-corrected chi connectivity index (χ3v) is 7.27. The third kappa shape index (κ3) is 4.39. The predicted molar refractivity (Wildman–Crippen MR) is 131 cm³/mol. The minimum absolute atomic E-state index is 0.0965. The van der Waals surface area contributed by atoms with Gasteiger partial charge in [-0.3, -0.25) is 0 Å². The minimum atomic E-state index is -0.0965. The van der Waals surface area contributed by atoms with Crippen LogP contribution in [0.5, 0.6) is 10.9 Å². The van der Waals surface area contributed by atoms with E-state index in [-0.39, 0.29) is 5.41 Å². The van der Waals surface area contributed by atoms with Crippen molar-refractivity contribution in [1.82, 2.24) is 14.3 Å². The largest absolute Gasteiger partial charge is 0.430 e. The van der Waals surface area contributed by atoms with Crippen LogP contribution in [-0.4, -0.2) is 33.7 Å². The molecule has 0 spiro atoms. The van der Waals surface area contributed by atoms with E-state index in [9.17, 15) is 0 Å². The molecule has 0 bridgehead atoms. The molecule has 0 N–H and O–H groups in total. The number of benzene rings is 2. The Hall–Kier alpha value is -2.44. The summed E-state index contributed by atoms with van der Waals surface area (Å²) >= 11 is 7.37. The van der Waals surface area contributed by atoms with Crippen LogP contribution in [0.15, 0.2) is 41.4 Å². The second-order valence-corrected chi connectivity index (χ2v) is 9.97. The number of ether oxygens (including phenoxy) is 1. The van der Waals surface area contributed by atoms with Gasteiger partial charge in [-0.2, -0.15) is 9.36 Å². The van der Waals surface area contributed by atoms with Crippen molar-refractivity contribution in [2.24, 2.45) is 4.99 Å². The molecule has 1 saturated heterocycles. The van der Waals surface area contributed by atoms with Crippen LogP contribution in [0, 0.1) is 13.8 Å². The van der Waals surface area contributed by atoms with E-state index in [2.05, 4.69) is 34.4 Å².